The quantitative estimate of drug-likeness (QED) is 0.415. The van der Waals surface area contributed by atoms with Gasteiger partial charge in [0.2, 0.25) is 0 Å². The first-order chi connectivity index (χ1) is 2.71. The van der Waals surface area contributed by atoms with Crippen molar-refractivity contribution in [2.75, 3.05) is 6.61 Å². The second kappa shape index (κ2) is 0.969. The van der Waals surface area contributed by atoms with Gasteiger partial charge < -0.3 is 4.74 Å². The van der Waals surface area contributed by atoms with Crippen LogP contribution in [-0.2, 0) is 4.74 Å². The molecule has 1 rings (SSSR count). The highest BCUT2D eigenvalue weighted by Crippen LogP contribution is 2.22. The van der Waals surface area contributed by atoms with Crippen LogP contribution in [0.3, 0.4) is 0 Å². The lowest BCUT2D eigenvalue weighted by molar-refractivity contribution is -0.0817. The van der Waals surface area contributed by atoms with Crippen molar-refractivity contribution in [3.63, 3.8) is 0 Å². The topological polar surface area (TPSA) is 9.23 Å². The van der Waals surface area contributed by atoms with Gasteiger partial charge in [0.25, 0.3) is 0 Å². The summed E-state index contributed by atoms with van der Waals surface area (Å²) in [6.45, 7) is 11.1. The Morgan fingerprint density at radius 2 is 1.83 bits per heavy atom. The Hall–Kier alpha value is -0.0400. The molecule has 0 amide bonds. The Kier molecular flexibility index (Phi) is 0.667. The van der Waals surface area contributed by atoms with E-state index in [0.29, 0.717) is 6.61 Å². The van der Waals surface area contributed by atoms with Crippen LogP contribution >= 0.6 is 0 Å². The molecule has 0 aromatic carbocycles. The van der Waals surface area contributed by atoms with E-state index >= 15 is 0 Å². The van der Waals surface area contributed by atoms with Gasteiger partial charge in [-0.1, -0.05) is 0 Å². The monoisotopic (exact) mass is 82.0 g/mol. The third-order valence-electron chi connectivity index (χ3n) is 0.864. The molecule has 1 heterocycles. The molecule has 0 spiro atoms. The maximum Gasteiger partial charge on any atom is 0.0775 e. The zero-order chi connectivity index (χ0) is 4.62. The fraction of sp³-hybridized carbons (Fsp3) is 0.600. The summed E-state index contributed by atoms with van der Waals surface area (Å²) < 4.78 is 4.67. The maximum absolute atomic E-state index is 5.18. The fourth-order valence-electron chi connectivity index (χ4n) is 0.338. The second-order valence-corrected chi connectivity index (χ2v) is 1.55. The van der Waals surface area contributed by atoms with Crippen LogP contribution in [0.5, 0.6) is 0 Å². The lowest BCUT2D eigenvalue weighted by Crippen LogP contribution is -2.37. The van der Waals surface area contributed by atoms with E-state index in [1.54, 1.807) is 0 Å². The normalized spacial score (nSPS) is 29.0. The molecule has 0 aliphatic carbocycles. The van der Waals surface area contributed by atoms with Crippen molar-refractivity contribution in [2.24, 2.45) is 0 Å². The molecule has 1 saturated heterocycles. The summed E-state index contributed by atoms with van der Waals surface area (Å²) in [4.78, 5) is 0. The van der Waals surface area contributed by atoms with Gasteiger partial charge in [0.05, 0.1) is 12.2 Å². The molecule has 1 aliphatic heterocycles. The minimum atomic E-state index is -0.778. The Morgan fingerprint density at radius 3 is 1.83 bits per heavy atom. The van der Waals surface area contributed by atoms with Gasteiger partial charge in [-0.05, 0) is 0 Å². The van der Waals surface area contributed by atoms with Gasteiger partial charge >= 0.3 is 0 Å². The summed E-state index contributed by atoms with van der Waals surface area (Å²) in [6, 6.07) is 0. The molecule has 0 N–H and O–H groups in total. The summed E-state index contributed by atoms with van der Waals surface area (Å²) >= 11 is 0. The van der Waals surface area contributed by atoms with Gasteiger partial charge in [-0.15, -0.1) is 0 Å². The van der Waals surface area contributed by atoms with Crippen molar-refractivity contribution >= 4 is 0 Å². The molecule has 1 aliphatic rings. The standard InChI is InChI=1S/C5H6O/c1-5(2)3-4-6-5/h1-2H,3-4H2. The lowest BCUT2D eigenvalue weighted by Gasteiger charge is -2.33. The Morgan fingerprint density at radius 1 is 1.50 bits per heavy atom. The average molecular weight is 82.1 g/mol. The Bertz CT molecular complexity index is 51.0. The van der Waals surface area contributed by atoms with Crippen molar-refractivity contribution in [3.8, 4) is 0 Å². The molecule has 0 saturated carbocycles. The molecular weight excluding hydrogens is 76.1 g/mol. The van der Waals surface area contributed by atoms with Crippen molar-refractivity contribution in [2.45, 2.75) is 12.0 Å². The van der Waals surface area contributed by atoms with Crippen LogP contribution in [0, 0.1) is 13.8 Å². The van der Waals surface area contributed by atoms with E-state index in [4.69, 9.17) is 13.8 Å². The van der Waals surface area contributed by atoms with E-state index < -0.39 is 5.60 Å². The second-order valence-electron chi connectivity index (χ2n) is 1.55. The van der Waals surface area contributed by atoms with Gasteiger partial charge in [-0.25, -0.2) is 0 Å². The number of hydrogen-bond donors (Lipinski definition) is 0. The summed E-state index contributed by atoms with van der Waals surface area (Å²) in [6.07, 6.45) is 0.785. The molecular formula is C5H6O. The molecule has 0 atom stereocenters. The Balaban J connectivity index is 2.31. The summed E-state index contributed by atoms with van der Waals surface area (Å²) in [5, 5.41) is 0. The Labute approximate surface area is 38.3 Å². The molecule has 0 bridgehead atoms. The first kappa shape index (κ1) is 4.13. The summed E-state index contributed by atoms with van der Waals surface area (Å²) in [7, 11) is 0. The zero-order valence-corrected chi connectivity index (χ0v) is 3.48. The molecule has 0 unspecified atom stereocenters. The summed E-state index contributed by atoms with van der Waals surface area (Å²) in [5.74, 6) is 0. The third kappa shape index (κ3) is 0.548. The molecule has 4 radical (unpaired) electrons. The van der Waals surface area contributed by atoms with Gasteiger partial charge in [0.1, 0.15) is 0 Å². The fourth-order valence-corrected chi connectivity index (χ4v) is 0.338. The van der Waals surface area contributed by atoms with Crippen LogP contribution in [0.15, 0.2) is 0 Å². The summed E-state index contributed by atoms with van der Waals surface area (Å²) in [5.41, 5.74) is -0.778. The number of hydrogen-bond acceptors (Lipinski definition) is 1. The highest BCUT2D eigenvalue weighted by molar-refractivity contribution is 4.92. The van der Waals surface area contributed by atoms with Crippen molar-refractivity contribution in [1.29, 1.82) is 0 Å². The van der Waals surface area contributed by atoms with Gasteiger partial charge in [0, 0.05) is 20.3 Å². The predicted molar refractivity (Wildman–Crippen MR) is 21.9 cm³/mol. The highest BCUT2D eigenvalue weighted by Gasteiger charge is 2.27. The molecule has 32 valence electrons. The first-order valence-corrected chi connectivity index (χ1v) is 1.92. The van der Waals surface area contributed by atoms with Crippen LogP contribution < -0.4 is 0 Å². The van der Waals surface area contributed by atoms with Crippen LogP contribution in [0.2, 0.25) is 0 Å². The molecule has 0 aromatic heterocycles. The van der Waals surface area contributed by atoms with Crippen molar-refractivity contribution in [3.05, 3.63) is 13.8 Å². The van der Waals surface area contributed by atoms with Crippen LogP contribution in [0.1, 0.15) is 6.42 Å². The number of ether oxygens (including phenoxy) is 1. The van der Waals surface area contributed by atoms with Gasteiger partial charge in [-0.2, -0.15) is 0 Å². The molecule has 0 aromatic rings. The molecule has 1 heteroatoms. The van der Waals surface area contributed by atoms with Gasteiger partial charge in [0.15, 0.2) is 0 Å². The molecule has 1 nitrogen and oxygen atoms in total. The minimum Gasteiger partial charge on any atom is -0.374 e. The van der Waals surface area contributed by atoms with Crippen LogP contribution in [0.25, 0.3) is 0 Å². The van der Waals surface area contributed by atoms with Crippen LogP contribution in [-0.4, -0.2) is 12.2 Å². The maximum atomic E-state index is 5.18. The minimum absolute atomic E-state index is 0.715. The highest BCUT2D eigenvalue weighted by atomic mass is 16.5. The van der Waals surface area contributed by atoms with E-state index in [9.17, 15) is 0 Å². The van der Waals surface area contributed by atoms with Crippen LogP contribution in [0.4, 0.5) is 0 Å². The van der Waals surface area contributed by atoms with E-state index in [-0.39, 0.29) is 0 Å². The average Bonchev–Trinajstić information content (AvgIpc) is 1.32. The smallest absolute Gasteiger partial charge is 0.0775 e. The van der Waals surface area contributed by atoms with Gasteiger partial charge in [-0.3, -0.25) is 0 Å². The predicted octanol–water partition coefficient (Wildman–Crippen LogP) is 0.568. The van der Waals surface area contributed by atoms with E-state index in [0.717, 1.165) is 6.42 Å². The SMILES string of the molecule is [CH]C1([CH])CCO1. The molecule has 6 heavy (non-hydrogen) atoms. The van der Waals surface area contributed by atoms with Crippen molar-refractivity contribution in [1.82, 2.24) is 0 Å². The zero-order valence-electron chi connectivity index (χ0n) is 3.48. The van der Waals surface area contributed by atoms with E-state index in [1.165, 1.54) is 0 Å². The third-order valence-corrected chi connectivity index (χ3v) is 0.864. The molecule has 1 fully saturated rings. The lowest BCUT2D eigenvalue weighted by atomic mass is 10.0. The largest absolute Gasteiger partial charge is 0.374 e. The number of rotatable bonds is 0. The van der Waals surface area contributed by atoms with Crippen molar-refractivity contribution < 1.29 is 4.74 Å². The van der Waals surface area contributed by atoms with E-state index in [1.807, 2.05) is 0 Å². The van der Waals surface area contributed by atoms with E-state index in [2.05, 4.69) is 4.74 Å². The first-order valence-electron chi connectivity index (χ1n) is 1.92.